The minimum Gasteiger partial charge on any atom is -0.451 e. The first-order valence-corrected chi connectivity index (χ1v) is 10.0. The monoisotopic (exact) mass is 389 g/mol. The molecule has 2 aromatic heterocycles. The highest BCUT2D eigenvalue weighted by molar-refractivity contribution is 7.09. The molecule has 7 heteroatoms. The van der Waals surface area contributed by atoms with Gasteiger partial charge < -0.3 is 9.32 Å². The van der Waals surface area contributed by atoms with Crippen molar-refractivity contribution >= 4 is 39.8 Å². The van der Waals surface area contributed by atoms with Crippen LogP contribution in [0.3, 0.4) is 0 Å². The van der Waals surface area contributed by atoms with Gasteiger partial charge in [0.1, 0.15) is 5.58 Å². The lowest BCUT2D eigenvalue weighted by atomic mass is 10.2. The van der Waals surface area contributed by atoms with Gasteiger partial charge in [-0.15, -0.1) is 11.3 Å². The number of hydrogen-bond donors (Lipinski definition) is 0. The summed E-state index contributed by atoms with van der Waals surface area (Å²) in [6.45, 7) is 6.05. The number of hydrogen-bond acceptors (Lipinski definition) is 5. The number of nitrogens with zero attached hydrogens (tertiary/aromatic N) is 3. The fourth-order valence-corrected chi connectivity index (χ4v) is 4.11. The summed E-state index contributed by atoms with van der Waals surface area (Å²) in [4.78, 5) is 21.6. The number of amides is 1. The van der Waals surface area contributed by atoms with Gasteiger partial charge in [-0.1, -0.05) is 18.5 Å². The van der Waals surface area contributed by atoms with Crippen molar-refractivity contribution in [1.29, 1.82) is 0 Å². The molecule has 0 atom stereocenters. The Bertz CT molecular complexity index is 928. The van der Waals surface area contributed by atoms with E-state index in [0.29, 0.717) is 29.5 Å². The van der Waals surface area contributed by atoms with Gasteiger partial charge in [0.05, 0.1) is 10.7 Å². The number of benzene rings is 1. The van der Waals surface area contributed by atoms with Crippen LogP contribution in [-0.4, -0.2) is 46.9 Å². The highest BCUT2D eigenvalue weighted by atomic mass is 35.5. The fourth-order valence-electron chi connectivity index (χ4n) is 3.20. The van der Waals surface area contributed by atoms with Gasteiger partial charge in [0.25, 0.3) is 5.91 Å². The van der Waals surface area contributed by atoms with E-state index in [2.05, 4.69) is 22.2 Å². The third kappa shape index (κ3) is 3.63. The molecule has 0 radical (unpaired) electrons. The lowest BCUT2D eigenvalue weighted by molar-refractivity contribution is 0.0599. The number of aryl methyl sites for hydroxylation is 1. The van der Waals surface area contributed by atoms with E-state index in [9.17, 15) is 4.79 Å². The molecule has 3 aromatic rings. The van der Waals surface area contributed by atoms with Crippen molar-refractivity contribution in [2.75, 3.05) is 26.2 Å². The molecule has 3 heterocycles. The van der Waals surface area contributed by atoms with E-state index in [-0.39, 0.29) is 5.91 Å². The number of aromatic nitrogens is 1. The Balaban J connectivity index is 1.38. The number of thiazole rings is 1. The zero-order valence-electron chi connectivity index (χ0n) is 14.6. The summed E-state index contributed by atoms with van der Waals surface area (Å²) < 4.78 is 5.70. The summed E-state index contributed by atoms with van der Waals surface area (Å²) in [5.41, 5.74) is 1.81. The third-order valence-corrected chi connectivity index (χ3v) is 5.91. The number of carbonyl (C=O) groups excluding carboxylic acids is 1. The van der Waals surface area contributed by atoms with Crippen LogP contribution in [0.4, 0.5) is 0 Å². The lowest BCUT2D eigenvalue weighted by Gasteiger charge is -2.33. The second kappa shape index (κ2) is 7.39. The van der Waals surface area contributed by atoms with Crippen LogP contribution in [0.2, 0.25) is 5.02 Å². The van der Waals surface area contributed by atoms with Gasteiger partial charge in [-0.2, -0.15) is 0 Å². The molecule has 0 unspecified atom stereocenters. The van der Waals surface area contributed by atoms with Gasteiger partial charge in [-0.25, -0.2) is 4.98 Å². The summed E-state index contributed by atoms with van der Waals surface area (Å²) in [5, 5.41) is 4.81. The number of furan rings is 1. The maximum absolute atomic E-state index is 12.7. The average molecular weight is 390 g/mol. The highest BCUT2D eigenvalue weighted by Gasteiger charge is 2.25. The van der Waals surface area contributed by atoms with E-state index in [1.54, 1.807) is 29.5 Å². The largest absolute Gasteiger partial charge is 0.451 e. The summed E-state index contributed by atoms with van der Waals surface area (Å²) in [5.74, 6) is 0.321. The van der Waals surface area contributed by atoms with E-state index >= 15 is 0 Å². The van der Waals surface area contributed by atoms with Crippen LogP contribution in [0.5, 0.6) is 0 Å². The van der Waals surface area contributed by atoms with Gasteiger partial charge in [0, 0.05) is 48.5 Å². The molecule has 1 saturated heterocycles. The zero-order valence-corrected chi connectivity index (χ0v) is 16.1. The first kappa shape index (κ1) is 17.5. The van der Waals surface area contributed by atoms with Gasteiger partial charge in [0.15, 0.2) is 5.76 Å². The van der Waals surface area contributed by atoms with Crippen LogP contribution in [0, 0.1) is 0 Å². The summed E-state index contributed by atoms with van der Waals surface area (Å²) >= 11 is 7.72. The van der Waals surface area contributed by atoms with Crippen LogP contribution in [0.15, 0.2) is 34.1 Å². The van der Waals surface area contributed by atoms with Gasteiger partial charge in [-0.3, -0.25) is 9.69 Å². The Hall–Kier alpha value is -1.89. The minimum absolute atomic E-state index is 0.0566. The van der Waals surface area contributed by atoms with E-state index < -0.39 is 0 Å². The second-order valence-corrected chi connectivity index (χ2v) is 7.83. The Morgan fingerprint density at radius 3 is 2.81 bits per heavy atom. The van der Waals surface area contributed by atoms with Crippen LogP contribution in [-0.2, 0) is 13.0 Å². The molecule has 4 rings (SSSR count). The fraction of sp³-hybridized carbons (Fsp3) is 0.368. The van der Waals surface area contributed by atoms with E-state index in [1.807, 2.05) is 11.0 Å². The quantitative estimate of drug-likeness (QED) is 0.675. The molecule has 0 bridgehead atoms. The van der Waals surface area contributed by atoms with Crippen LogP contribution < -0.4 is 0 Å². The number of halogens is 1. The second-order valence-electron chi connectivity index (χ2n) is 6.45. The molecule has 1 amide bonds. The number of piperazine rings is 1. The van der Waals surface area contributed by atoms with Gasteiger partial charge in [0.2, 0.25) is 0 Å². The van der Waals surface area contributed by atoms with Crippen molar-refractivity contribution in [2.45, 2.75) is 19.9 Å². The topological polar surface area (TPSA) is 49.6 Å². The predicted molar refractivity (Wildman–Crippen MR) is 104 cm³/mol. The molecule has 1 fully saturated rings. The molecule has 1 aromatic carbocycles. The molecular formula is C19H20ClN3O2S. The van der Waals surface area contributed by atoms with Crippen molar-refractivity contribution in [3.63, 3.8) is 0 Å². The molecule has 0 spiro atoms. The molecular weight excluding hydrogens is 370 g/mol. The average Bonchev–Trinajstić information content (AvgIpc) is 3.28. The third-order valence-electron chi connectivity index (χ3n) is 4.64. The molecule has 0 N–H and O–H groups in total. The highest BCUT2D eigenvalue weighted by Crippen LogP contribution is 2.24. The number of carbonyl (C=O) groups is 1. The first-order valence-electron chi connectivity index (χ1n) is 8.76. The molecule has 1 aliphatic heterocycles. The van der Waals surface area contributed by atoms with Gasteiger partial charge >= 0.3 is 0 Å². The van der Waals surface area contributed by atoms with Crippen molar-refractivity contribution in [1.82, 2.24) is 14.8 Å². The number of rotatable bonds is 4. The molecule has 0 saturated carbocycles. The Morgan fingerprint density at radius 1 is 1.27 bits per heavy atom. The SMILES string of the molecule is CCc1nc(CN2CCN(C(=O)c3cc4cc(Cl)ccc4o3)CC2)cs1. The van der Waals surface area contributed by atoms with Crippen molar-refractivity contribution in [2.24, 2.45) is 0 Å². The van der Waals surface area contributed by atoms with E-state index in [4.69, 9.17) is 16.0 Å². The standard InChI is InChI=1S/C19H20ClN3O2S/c1-2-18-21-15(12-26-18)11-22-5-7-23(8-6-22)19(24)17-10-13-9-14(20)3-4-16(13)25-17/h3-4,9-10,12H,2,5-8,11H2,1H3. The van der Waals surface area contributed by atoms with Crippen molar-refractivity contribution in [3.05, 3.63) is 51.1 Å². The summed E-state index contributed by atoms with van der Waals surface area (Å²) in [6, 6.07) is 7.15. The first-order chi connectivity index (χ1) is 12.6. The number of fused-ring (bicyclic) bond motifs is 1. The van der Waals surface area contributed by atoms with Crippen molar-refractivity contribution in [3.8, 4) is 0 Å². The Morgan fingerprint density at radius 2 is 2.08 bits per heavy atom. The van der Waals surface area contributed by atoms with E-state index in [0.717, 1.165) is 37.1 Å². The molecule has 1 aliphatic rings. The molecule has 26 heavy (non-hydrogen) atoms. The van der Waals surface area contributed by atoms with Crippen LogP contribution in [0.25, 0.3) is 11.0 Å². The maximum Gasteiger partial charge on any atom is 0.289 e. The smallest absolute Gasteiger partial charge is 0.289 e. The Labute approximate surface area is 161 Å². The molecule has 5 nitrogen and oxygen atoms in total. The minimum atomic E-state index is -0.0566. The normalized spacial score (nSPS) is 15.7. The molecule has 0 aliphatic carbocycles. The molecule has 136 valence electrons. The Kier molecular flexibility index (Phi) is 4.98. The zero-order chi connectivity index (χ0) is 18.1. The maximum atomic E-state index is 12.7. The predicted octanol–water partition coefficient (Wildman–Crippen LogP) is 4.06. The van der Waals surface area contributed by atoms with Gasteiger partial charge in [-0.05, 0) is 30.7 Å². The van der Waals surface area contributed by atoms with E-state index in [1.165, 1.54) is 5.01 Å². The lowest BCUT2D eigenvalue weighted by Crippen LogP contribution is -2.48. The summed E-state index contributed by atoms with van der Waals surface area (Å²) in [6.07, 6.45) is 0.982. The van der Waals surface area contributed by atoms with Crippen LogP contribution >= 0.6 is 22.9 Å². The summed E-state index contributed by atoms with van der Waals surface area (Å²) in [7, 11) is 0. The van der Waals surface area contributed by atoms with Crippen LogP contribution in [0.1, 0.15) is 28.2 Å². The van der Waals surface area contributed by atoms with Crippen molar-refractivity contribution < 1.29 is 9.21 Å².